The molecule has 0 saturated carbocycles. The van der Waals surface area contributed by atoms with Gasteiger partial charge in [0, 0.05) is 31.5 Å². The van der Waals surface area contributed by atoms with E-state index in [1.807, 2.05) is 38.1 Å². The number of nitro groups is 1. The van der Waals surface area contributed by atoms with Gasteiger partial charge in [0.05, 0.1) is 10.7 Å². The molecule has 0 radical (unpaired) electrons. The van der Waals surface area contributed by atoms with Crippen LogP contribution in [0.5, 0.6) is 0 Å². The number of nitro benzene ring substituents is 1. The monoisotopic (exact) mass is 429 g/mol. The van der Waals surface area contributed by atoms with Crippen molar-refractivity contribution in [3.8, 4) is 0 Å². The molecule has 0 unspecified atom stereocenters. The summed E-state index contributed by atoms with van der Waals surface area (Å²) in [5, 5.41) is 13.4. The lowest BCUT2D eigenvalue weighted by Gasteiger charge is -2.30. The molecule has 2 aromatic rings. The maximum atomic E-state index is 13.0. The average Bonchev–Trinajstić information content (AvgIpc) is 2.73. The SMILES string of the molecule is CC[C@H](C(=O)NC)N(Cc1cccc(C)c1)C(=O)CSCc1ccc([N+](=O)[O-])cc1. The number of carbonyl (C=O) groups excluding carboxylic acids is 2. The Morgan fingerprint density at radius 2 is 1.87 bits per heavy atom. The molecule has 2 amide bonds. The van der Waals surface area contributed by atoms with Gasteiger partial charge in [-0.25, -0.2) is 0 Å². The molecule has 0 fully saturated rings. The molecule has 1 atom stereocenters. The topological polar surface area (TPSA) is 92.6 Å². The predicted octanol–water partition coefficient (Wildman–Crippen LogP) is 3.69. The molecule has 1 N–H and O–H groups in total. The molecule has 2 aromatic carbocycles. The van der Waals surface area contributed by atoms with Crippen molar-refractivity contribution in [2.75, 3.05) is 12.8 Å². The van der Waals surface area contributed by atoms with Gasteiger partial charge in [-0.05, 0) is 24.5 Å². The molecule has 0 heterocycles. The molecule has 160 valence electrons. The van der Waals surface area contributed by atoms with E-state index < -0.39 is 11.0 Å². The Balaban J connectivity index is 2.07. The van der Waals surface area contributed by atoms with Crippen molar-refractivity contribution < 1.29 is 14.5 Å². The van der Waals surface area contributed by atoms with Crippen LogP contribution in [-0.2, 0) is 21.9 Å². The van der Waals surface area contributed by atoms with Crippen LogP contribution in [0.15, 0.2) is 48.5 Å². The van der Waals surface area contributed by atoms with E-state index in [-0.39, 0.29) is 23.3 Å². The maximum Gasteiger partial charge on any atom is 0.269 e. The van der Waals surface area contributed by atoms with Gasteiger partial charge in [0.15, 0.2) is 0 Å². The van der Waals surface area contributed by atoms with Crippen LogP contribution in [0.25, 0.3) is 0 Å². The quantitative estimate of drug-likeness (QED) is 0.459. The third kappa shape index (κ3) is 6.59. The van der Waals surface area contributed by atoms with Crippen LogP contribution >= 0.6 is 11.8 Å². The summed E-state index contributed by atoms with van der Waals surface area (Å²) < 4.78 is 0. The van der Waals surface area contributed by atoms with E-state index in [1.54, 1.807) is 24.1 Å². The summed E-state index contributed by atoms with van der Waals surface area (Å²) in [5.41, 5.74) is 3.02. The van der Waals surface area contributed by atoms with Gasteiger partial charge in [-0.1, -0.05) is 48.9 Å². The van der Waals surface area contributed by atoms with Gasteiger partial charge in [0.1, 0.15) is 6.04 Å². The number of hydrogen-bond donors (Lipinski definition) is 1. The second-order valence-corrected chi connectivity index (χ2v) is 7.95. The van der Waals surface area contributed by atoms with Gasteiger partial charge in [-0.3, -0.25) is 19.7 Å². The van der Waals surface area contributed by atoms with Crippen molar-refractivity contribution >= 4 is 29.3 Å². The van der Waals surface area contributed by atoms with E-state index in [0.29, 0.717) is 18.7 Å². The number of rotatable bonds is 10. The number of hydrogen-bond acceptors (Lipinski definition) is 5. The lowest BCUT2D eigenvalue weighted by Crippen LogP contribution is -2.48. The molecule has 7 nitrogen and oxygen atoms in total. The predicted molar refractivity (Wildman–Crippen MR) is 119 cm³/mol. The van der Waals surface area contributed by atoms with Crippen LogP contribution in [0.2, 0.25) is 0 Å². The lowest BCUT2D eigenvalue weighted by atomic mass is 10.1. The third-order valence-corrected chi connectivity index (χ3v) is 5.70. The van der Waals surface area contributed by atoms with Gasteiger partial charge in [0.2, 0.25) is 11.8 Å². The zero-order valence-corrected chi connectivity index (χ0v) is 18.3. The standard InChI is InChI=1S/C22H27N3O4S/c1-4-20(22(27)23-3)24(13-18-7-5-6-16(2)12-18)21(26)15-30-14-17-8-10-19(11-9-17)25(28)29/h5-12,20H,4,13-15H2,1-3H3,(H,23,27)/t20-/m1/s1. The molecule has 0 aliphatic rings. The fourth-order valence-electron chi connectivity index (χ4n) is 3.15. The van der Waals surface area contributed by atoms with Crippen LogP contribution in [0.4, 0.5) is 5.69 Å². The van der Waals surface area contributed by atoms with Crippen LogP contribution in [0.1, 0.15) is 30.0 Å². The number of non-ortho nitro benzene ring substituents is 1. The second kappa shape index (κ2) is 11.3. The van der Waals surface area contributed by atoms with E-state index >= 15 is 0 Å². The van der Waals surface area contributed by atoms with Gasteiger partial charge in [-0.15, -0.1) is 11.8 Å². The highest BCUT2D eigenvalue weighted by atomic mass is 32.2. The van der Waals surface area contributed by atoms with Crippen molar-refractivity contribution in [2.45, 2.75) is 38.6 Å². The fraction of sp³-hybridized carbons (Fsp3) is 0.364. The van der Waals surface area contributed by atoms with Crippen LogP contribution < -0.4 is 5.32 Å². The zero-order valence-electron chi connectivity index (χ0n) is 17.5. The summed E-state index contributed by atoms with van der Waals surface area (Å²) in [6.07, 6.45) is 0.518. The van der Waals surface area contributed by atoms with Gasteiger partial charge < -0.3 is 10.2 Å². The van der Waals surface area contributed by atoms with Gasteiger partial charge in [0.25, 0.3) is 5.69 Å². The molecule has 0 saturated heterocycles. The Hall–Kier alpha value is -2.87. The first-order valence-electron chi connectivity index (χ1n) is 9.73. The van der Waals surface area contributed by atoms with E-state index in [0.717, 1.165) is 16.7 Å². The second-order valence-electron chi connectivity index (χ2n) is 6.97. The smallest absolute Gasteiger partial charge is 0.269 e. The molecule has 0 bridgehead atoms. The lowest BCUT2D eigenvalue weighted by molar-refractivity contribution is -0.384. The number of likely N-dealkylation sites (N-methyl/N-ethyl adjacent to an activating group) is 1. The molecular weight excluding hydrogens is 402 g/mol. The van der Waals surface area contributed by atoms with Crippen molar-refractivity contribution in [3.63, 3.8) is 0 Å². The van der Waals surface area contributed by atoms with Crippen LogP contribution in [-0.4, -0.2) is 40.5 Å². The van der Waals surface area contributed by atoms with Crippen LogP contribution in [0.3, 0.4) is 0 Å². The number of amides is 2. The highest BCUT2D eigenvalue weighted by molar-refractivity contribution is 7.99. The summed E-state index contributed by atoms with van der Waals surface area (Å²) in [7, 11) is 1.57. The summed E-state index contributed by atoms with van der Waals surface area (Å²) >= 11 is 1.43. The molecule has 30 heavy (non-hydrogen) atoms. The fourth-order valence-corrected chi connectivity index (χ4v) is 4.02. The number of nitrogens with one attached hydrogen (secondary N) is 1. The molecule has 2 rings (SSSR count). The Bertz CT molecular complexity index is 886. The van der Waals surface area contributed by atoms with Gasteiger partial charge >= 0.3 is 0 Å². The van der Waals surface area contributed by atoms with Crippen LogP contribution in [0, 0.1) is 17.0 Å². The molecule has 0 aliphatic heterocycles. The Kier molecular flexibility index (Phi) is 8.86. The number of carbonyl (C=O) groups is 2. The van der Waals surface area contributed by atoms with Crippen molar-refractivity contribution in [1.29, 1.82) is 0 Å². The number of aryl methyl sites for hydroxylation is 1. The highest BCUT2D eigenvalue weighted by Crippen LogP contribution is 2.19. The zero-order chi connectivity index (χ0) is 22.1. The highest BCUT2D eigenvalue weighted by Gasteiger charge is 2.27. The molecule has 0 aliphatic carbocycles. The van der Waals surface area contributed by atoms with E-state index in [4.69, 9.17) is 0 Å². The molecule has 0 aromatic heterocycles. The van der Waals surface area contributed by atoms with Crippen molar-refractivity contribution in [3.05, 3.63) is 75.3 Å². The first-order valence-corrected chi connectivity index (χ1v) is 10.9. The summed E-state index contributed by atoms with van der Waals surface area (Å²) in [6, 6.07) is 13.7. The minimum Gasteiger partial charge on any atom is -0.357 e. The van der Waals surface area contributed by atoms with E-state index in [1.165, 1.54) is 23.9 Å². The number of nitrogens with zero attached hydrogens (tertiary/aromatic N) is 2. The maximum absolute atomic E-state index is 13.0. The third-order valence-electron chi connectivity index (χ3n) is 4.71. The Morgan fingerprint density at radius 1 is 1.17 bits per heavy atom. The Morgan fingerprint density at radius 3 is 2.43 bits per heavy atom. The molecular formula is C22H27N3O4S. The summed E-state index contributed by atoms with van der Waals surface area (Å²) in [4.78, 5) is 37.3. The van der Waals surface area contributed by atoms with E-state index in [2.05, 4.69) is 5.32 Å². The molecule has 8 heteroatoms. The Labute approximate surface area is 181 Å². The minimum atomic E-state index is -0.539. The normalized spacial score (nSPS) is 11.6. The van der Waals surface area contributed by atoms with Crippen molar-refractivity contribution in [2.24, 2.45) is 0 Å². The average molecular weight is 430 g/mol. The van der Waals surface area contributed by atoms with Crippen molar-refractivity contribution in [1.82, 2.24) is 10.2 Å². The van der Waals surface area contributed by atoms with Gasteiger partial charge in [-0.2, -0.15) is 0 Å². The van der Waals surface area contributed by atoms with E-state index in [9.17, 15) is 19.7 Å². The first kappa shape index (κ1) is 23.4. The number of thioether (sulfide) groups is 1. The summed E-state index contributed by atoms with van der Waals surface area (Å²) in [5.74, 6) is 0.479. The largest absolute Gasteiger partial charge is 0.357 e. The summed E-state index contributed by atoms with van der Waals surface area (Å²) in [6.45, 7) is 4.25. The first-order chi connectivity index (χ1) is 14.3. The minimum absolute atomic E-state index is 0.0421. The molecule has 0 spiro atoms. The number of benzene rings is 2.